The monoisotopic (exact) mass is 430 g/mol. The van der Waals surface area contributed by atoms with Crippen molar-refractivity contribution in [2.45, 2.75) is 13.5 Å². The van der Waals surface area contributed by atoms with Gasteiger partial charge < -0.3 is 0 Å². The fourth-order valence-corrected chi connectivity index (χ4v) is 3.63. The summed E-state index contributed by atoms with van der Waals surface area (Å²) < 4.78 is 5.87. The molecule has 0 aliphatic rings. The molecule has 0 bridgehead atoms. The van der Waals surface area contributed by atoms with E-state index in [0.717, 1.165) is 10.1 Å². The summed E-state index contributed by atoms with van der Waals surface area (Å²) in [6.45, 7) is 2.05. The lowest BCUT2D eigenvalue weighted by molar-refractivity contribution is 0.680. The van der Waals surface area contributed by atoms with E-state index in [1.54, 1.807) is 23.9 Å². The van der Waals surface area contributed by atoms with Gasteiger partial charge in [-0.2, -0.15) is 0 Å². The molecule has 4 aromatic heterocycles. The summed E-state index contributed by atoms with van der Waals surface area (Å²) in [7, 11) is 2.98. The van der Waals surface area contributed by atoms with Crippen molar-refractivity contribution in [3.8, 4) is 0 Å². The Morgan fingerprint density at radius 3 is 2.59 bits per heavy atom. The van der Waals surface area contributed by atoms with E-state index in [1.807, 2.05) is 13.0 Å². The first kappa shape index (κ1) is 17.4. The van der Waals surface area contributed by atoms with E-state index in [9.17, 15) is 14.4 Å². The minimum absolute atomic E-state index is 0.167. The number of imidazole rings is 1. The van der Waals surface area contributed by atoms with Crippen LogP contribution in [0.15, 0.2) is 43.5 Å². The number of nitrogens with zero attached hydrogens (tertiary/aromatic N) is 6. The lowest BCUT2D eigenvalue weighted by Crippen LogP contribution is -2.37. The van der Waals surface area contributed by atoms with Gasteiger partial charge in [-0.1, -0.05) is 6.07 Å². The molecule has 138 valence electrons. The summed E-state index contributed by atoms with van der Waals surface area (Å²) in [6.07, 6.45) is 1.66. The van der Waals surface area contributed by atoms with Gasteiger partial charge in [-0.15, -0.1) is 0 Å². The van der Waals surface area contributed by atoms with Crippen molar-refractivity contribution in [1.82, 2.24) is 28.1 Å². The third-order valence-electron chi connectivity index (χ3n) is 4.55. The fourth-order valence-electron chi connectivity index (χ4n) is 3.15. The Morgan fingerprint density at radius 2 is 1.85 bits per heavy atom. The first-order valence-corrected chi connectivity index (χ1v) is 8.88. The predicted octanol–water partition coefficient (Wildman–Crippen LogP) is 0.561. The number of rotatable bonds is 2. The van der Waals surface area contributed by atoms with Gasteiger partial charge in [-0.3, -0.25) is 27.7 Å². The molecular formula is C17H15BrN6O3. The van der Waals surface area contributed by atoms with Crippen LogP contribution < -0.4 is 16.8 Å². The third-order valence-corrected chi connectivity index (χ3v) is 5.16. The molecule has 0 aliphatic carbocycles. The molecule has 0 unspecified atom stereocenters. The van der Waals surface area contributed by atoms with E-state index in [0.29, 0.717) is 21.7 Å². The van der Waals surface area contributed by atoms with Crippen LogP contribution in [0.5, 0.6) is 0 Å². The summed E-state index contributed by atoms with van der Waals surface area (Å²) in [4.78, 5) is 45.9. The number of hydrogen-bond donors (Lipinski definition) is 0. The number of fused-ring (bicyclic) bond motifs is 2. The Bertz CT molecular complexity index is 1410. The van der Waals surface area contributed by atoms with Crippen molar-refractivity contribution in [3.63, 3.8) is 0 Å². The molecule has 10 heteroatoms. The minimum atomic E-state index is -0.477. The summed E-state index contributed by atoms with van der Waals surface area (Å²) in [5, 5.41) is 0. The quantitative estimate of drug-likeness (QED) is 0.433. The predicted molar refractivity (Wildman–Crippen MR) is 103 cm³/mol. The van der Waals surface area contributed by atoms with Crippen LogP contribution in [0.3, 0.4) is 0 Å². The van der Waals surface area contributed by atoms with Crippen molar-refractivity contribution in [3.05, 3.63) is 71.6 Å². The van der Waals surface area contributed by atoms with Gasteiger partial charge in [0.25, 0.3) is 11.1 Å². The lowest BCUT2D eigenvalue weighted by Gasteiger charge is -2.10. The molecule has 0 N–H and O–H groups in total. The molecule has 0 saturated heterocycles. The van der Waals surface area contributed by atoms with Crippen LogP contribution in [-0.2, 0) is 20.6 Å². The Morgan fingerprint density at radius 1 is 1.11 bits per heavy atom. The SMILES string of the molecule is Cc1cccn2c(=O)cc(Cn3c(Br)nc4c(=O)n(C)c(=O)n(C)c43)nc12. The zero-order valence-electron chi connectivity index (χ0n) is 14.8. The number of hydrogen-bond acceptors (Lipinski definition) is 5. The number of halogens is 1. The van der Waals surface area contributed by atoms with Crippen molar-refractivity contribution >= 4 is 32.7 Å². The maximum absolute atomic E-state index is 12.4. The first-order valence-electron chi connectivity index (χ1n) is 8.09. The molecule has 0 atom stereocenters. The standard InChI is InChI=1S/C17H15BrN6O3/c1-9-5-4-6-23-11(25)7-10(19-13(9)23)8-24-14-12(20-16(24)18)15(26)22(3)17(27)21(14)2/h4-7H,8H2,1-3H3. The second-order valence-corrected chi connectivity index (χ2v) is 7.02. The molecule has 0 spiro atoms. The van der Waals surface area contributed by atoms with Gasteiger partial charge in [0, 0.05) is 26.4 Å². The van der Waals surface area contributed by atoms with Crippen LogP contribution in [0.4, 0.5) is 0 Å². The molecule has 4 aromatic rings. The molecule has 0 fully saturated rings. The third kappa shape index (κ3) is 2.55. The molecule has 0 radical (unpaired) electrons. The summed E-state index contributed by atoms with van der Waals surface area (Å²) in [5.74, 6) is 0. The summed E-state index contributed by atoms with van der Waals surface area (Å²) >= 11 is 3.34. The number of aromatic nitrogens is 6. The van der Waals surface area contributed by atoms with Crippen LogP contribution in [0.2, 0.25) is 0 Å². The van der Waals surface area contributed by atoms with Crippen LogP contribution in [0, 0.1) is 6.92 Å². The van der Waals surface area contributed by atoms with E-state index in [1.165, 1.54) is 22.1 Å². The Balaban J connectivity index is 1.98. The van der Waals surface area contributed by atoms with E-state index >= 15 is 0 Å². The summed E-state index contributed by atoms with van der Waals surface area (Å²) in [6, 6.07) is 5.10. The van der Waals surface area contributed by atoms with Gasteiger partial charge in [0.2, 0.25) is 0 Å². The highest BCUT2D eigenvalue weighted by Gasteiger charge is 2.18. The Kier molecular flexibility index (Phi) is 3.88. The molecule has 4 heterocycles. The fraction of sp³-hybridized carbons (Fsp3) is 0.235. The van der Waals surface area contributed by atoms with Crippen LogP contribution >= 0.6 is 15.9 Å². The lowest BCUT2D eigenvalue weighted by atomic mass is 10.3. The van der Waals surface area contributed by atoms with Crippen molar-refractivity contribution in [2.75, 3.05) is 0 Å². The average molecular weight is 431 g/mol. The van der Waals surface area contributed by atoms with Crippen molar-refractivity contribution in [2.24, 2.45) is 14.1 Å². The molecule has 0 aromatic carbocycles. The van der Waals surface area contributed by atoms with Gasteiger partial charge in [0.05, 0.1) is 12.2 Å². The molecule has 0 amide bonds. The van der Waals surface area contributed by atoms with Gasteiger partial charge in [0.1, 0.15) is 5.65 Å². The highest BCUT2D eigenvalue weighted by molar-refractivity contribution is 9.10. The second kappa shape index (κ2) is 6.02. The van der Waals surface area contributed by atoms with E-state index < -0.39 is 11.2 Å². The maximum atomic E-state index is 12.4. The topological polar surface area (TPSA) is 96.2 Å². The second-order valence-electron chi connectivity index (χ2n) is 6.32. The average Bonchev–Trinajstić information content (AvgIpc) is 2.96. The zero-order chi connectivity index (χ0) is 19.5. The molecule has 9 nitrogen and oxygen atoms in total. The Labute approximate surface area is 160 Å². The normalized spacial score (nSPS) is 11.6. The molecule has 27 heavy (non-hydrogen) atoms. The zero-order valence-corrected chi connectivity index (χ0v) is 16.4. The highest BCUT2D eigenvalue weighted by Crippen LogP contribution is 2.18. The van der Waals surface area contributed by atoms with E-state index in [4.69, 9.17) is 0 Å². The van der Waals surface area contributed by atoms with Gasteiger partial charge in [-0.25, -0.2) is 14.8 Å². The van der Waals surface area contributed by atoms with E-state index in [2.05, 4.69) is 25.9 Å². The largest absolute Gasteiger partial charge is 0.332 e. The summed E-state index contributed by atoms with van der Waals surface area (Å²) in [5.41, 5.74) is 1.32. The van der Waals surface area contributed by atoms with Gasteiger partial charge in [-0.05, 0) is 34.5 Å². The highest BCUT2D eigenvalue weighted by atomic mass is 79.9. The van der Waals surface area contributed by atoms with Crippen LogP contribution in [0.25, 0.3) is 16.8 Å². The Hall–Kier alpha value is -3.01. The molecular weight excluding hydrogens is 416 g/mol. The molecule has 0 saturated carbocycles. The van der Waals surface area contributed by atoms with Crippen LogP contribution in [-0.4, -0.2) is 28.1 Å². The maximum Gasteiger partial charge on any atom is 0.332 e. The van der Waals surface area contributed by atoms with Gasteiger partial charge >= 0.3 is 5.69 Å². The number of aryl methyl sites for hydroxylation is 2. The molecule has 0 aliphatic heterocycles. The molecule has 4 rings (SSSR count). The van der Waals surface area contributed by atoms with Crippen molar-refractivity contribution in [1.29, 1.82) is 0 Å². The van der Waals surface area contributed by atoms with Crippen LogP contribution in [0.1, 0.15) is 11.3 Å². The number of pyridine rings is 1. The smallest absolute Gasteiger partial charge is 0.298 e. The van der Waals surface area contributed by atoms with E-state index in [-0.39, 0.29) is 17.6 Å². The van der Waals surface area contributed by atoms with Gasteiger partial charge in [0.15, 0.2) is 15.9 Å². The minimum Gasteiger partial charge on any atom is -0.298 e. The first-order chi connectivity index (χ1) is 12.8. The van der Waals surface area contributed by atoms with Crippen molar-refractivity contribution < 1.29 is 0 Å².